The number of nitrogens with zero attached hydrogens (tertiary/aromatic N) is 3. The van der Waals surface area contributed by atoms with E-state index in [2.05, 4.69) is 48.7 Å². The molecule has 0 unspecified atom stereocenters. The molecule has 0 N–H and O–H groups in total. The lowest BCUT2D eigenvalue weighted by Crippen LogP contribution is -2.02. The van der Waals surface area contributed by atoms with Gasteiger partial charge < -0.3 is 4.57 Å². The summed E-state index contributed by atoms with van der Waals surface area (Å²) in [6.45, 7) is 2.81. The molecule has 2 heterocycles. The molecule has 18 heavy (non-hydrogen) atoms. The molecule has 0 aliphatic rings. The number of benzene rings is 1. The molecule has 0 saturated carbocycles. The van der Waals surface area contributed by atoms with Gasteiger partial charge in [-0.25, -0.2) is 4.98 Å². The fourth-order valence-electron chi connectivity index (χ4n) is 2.08. The summed E-state index contributed by atoms with van der Waals surface area (Å²) in [7, 11) is 0. The maximum absolute atomic E-state index is 4.49. The summed E-state index contributed by atoms with van der Waals surface area (Å²) in [5, 5.41) is 1.15. The fraction of sp³-hybridized carbons (Fsp3) is 0.143. The molecule has 0 saturated heterocycles. The molecule has 3 rings (SSSR count). The van der Waals surface area contributed by atoms with Gasteiger partial charge in [-0.3, -0.25) is 4.98 Å². The maximum Gasteiger partial charge on any atom is 0.105 e. The molecule has 0 spiro atoms. The number of rotatable bonds is 2. The Bertz CT molecular complexity index is 703. The van der Waals surface area contributed by atoms with E-state index < -0.39 is 0 Å². The Balaban J connectivity index is 2.13. The highest BCUT2D eigenvalue weighted by atomic mass is 79.9. The molecule has 0 aliphatic heterocycles. The van der Waals surface area contributed by atoms with E-state index in [9.17, 15) is 0 Å². The van der Waals surface area contributed by atoms with Gasteiger partial charge in [-0.1, -0.05) is 28.1 Å². The van der Waals surface area contributed by atoms with E-state index in [-0.39, 0.29) is 0 Å². The minimum absolute atomic E-state index is 0.798. The van der Waals surface area contributed by atoms with E-state index in [1.54, 1.807) is 0 Å². The number of halogens is 1. The number of hydrogen-bond donors (Lipinski definition) is 0. The average Bonchev–Trinajstić information content (AvgIpc) is 2.79. The Morgan fingerprint density at radius 2 is 2.06 bits per heavy atom. The highest BCUT2D eigenvalue weighted by Gasteiger charge is 2.06. The van der Waals surface area contributed by atoms with Crippen molar-refractivity contribution in [3.8, 4) is 0 Å². The lowest BCUT2D eigenvalue weighted by Gasteiger charge is -2.09. The van der Waals surface area contributed by atoms with E-state index in [0.29, 0.717) is 0 Å². The Morgan fingerprint density at radius 3 is 2.83 bits per heavy atom. The minimum atomic E-state index is 0.798. The monoisotopic (exact) mass is 301 g/mol. The highest BCUT2D eigenvalue weighted by Crippen LogP contribution is 2.25. The number of fused-ring (bicyclic) bond motifs is 1. The number of aryl methyl sites for hydroxylation is 1. The molecule has 3 nitrogen and oxygen atoms in total. The van der Waals surface area contributed by atoms with Gasteiger partial charge >= 0.3 is 0 Å². The Kier molecular flexibility index (Phi) is 2.88. The first kappa shape index (κ1) is 11.4. The van der Waals surface area contributed by atoms with Crippen molar-refractivity contribution in [1.82, 2.24) is 14.5 Å². The van der Waals surface area contributed by atoms with Crippen molar-refractivity contribution in [3.05, 3.63) is 58.7 Å². The van der Waals surface area contributed by atoms with Gasteiger partial charge in [0.05, 0.1) is 12.1 Å². The van der Waals surface area contributed by atoms with Gasteiger partial charge in [0.25, 0.3) is 0 Å². The number of hydrogen-bond acceptors (Lipinski definition) is 2. The number of aromatic nitrogens is 3. The van der Waals surface area contributed by atoms with Crippen LogP contribution in [-0.4, -0.2) is 14.5 Å². The summed E-state index contributed by atoms with van der Waals surface area (Å²) < 4.78 is 3.20. The highest BCUT2D eigenvalue weighted by molar-refractivity contribution is 9.10. The molecule has 3 aromatic rings. The second kappa shape index (κ2) is 4.53. The topological polar surface area (TPSA) is 30.7 Å². The lowest BCUT2D eigenvalue weighted by molar-refractivity contribution is 0.765. The van der Waals surface area contributed by atoms with Crippen LogP contribution in [0.5, 0.6) is 0 Å². The van der Waals surface area contributed by atoms with Crippen molar-refractivity contribution in [2.24, 2.45) is 0 Å². The van der Waals surface area contributed by atoms with Crippen molar-refractivity contribution in [1.29, 1.82) is 0 Å². The largest absolute Gasteiger partial charge is 0.331 e. The van der Waals surface area contributed by atoms with Crippen molar-refractivity contribution in [3.63, 3.8) is 0 Å². The van der Waals surface area contributed by atoms with Gasteiger partial charge in [-0.15, -0.1) is 0 Å². The van der Waals surface area contributed by atoms with Crippen LogP contribution in [0, 0.1) is 6.92 Å². The number of pyridine rings is 1. The van der Waals surface area contributed by atoms with Crippen LogP contribution >= 0.6 is 15.9 Å². The van der Waals surface area contributed by atoms with E-state index in [4.69, 9.17) is 0 Å². The standard InChI is InChI=1S/C14H12BrN3/c1-10-16-7-8-18(10)9-11-4-5-13(15)12-3-2-6-17-14(11)12/h2-8H,9H2,1H3. The van der Waals surface area contributed by atoms with Crippen LogP contribution in [0.3, 0.4) is 0 Å². The van der Waals surface area contributed by atoms with Gasteiger partial charge in [-0.2, -0.15) is 0 Å². The molecule has 0 bridgehead atoms. The maximum atomic E-state index is 4.49. The van der Waals surface area contributed by atoms with Gasteiger partial charge in [-0.05, 0) is 24.6 Å². The third kappa shape index (κ3) is 1.93. The first-order valence-electron chi connectivity index (χ1n) is 5.75. The second-order valence-corrected chi connectivity index (χ2v) is 5.06. The van der Waals surface area contributed by atoms with Crippen LogP contribution in [0.15, 0.2) is 47.3 Å². The van der Waals surface area contributed by atoms with Crippen LogP contribution < -0.4 is 0 Å². The molecule has 0 atom stereocenters. The van der Waals surface area contributed by atoms with Gasteiger partial charge in [0.2, 0.25) is 0 Å². The number of imidazole rings is 1. The zero-order chi connectivity index (χ0) is 12.5. The SMILES string of the molecule is Cc1nccn1Cc1ccc(Br)c2cccnc12. The summed E-state index contributed by atoms with van der Waals surface area (Å²) in [6.07, 6.45) is 5.65. The third-order valence-electron chi connectivity index (χ3n) is 3.06. The van der Waals surface area contributed by atoms with E-state index >= 15 is 0 Å². The predicted octanol–water partition coefficient (Wildman–Crippen LogP) is 3.55. The van der Waals surface area contributed by atoms with Crippen LogP contribution in [0.1, 0.15) is 11.4 Å². The fourth-order valence-corrected chi connectivity index (χ4v) is 2.53. The predicted molar refractivity (Wildman–Crippen MR) is 75.5 cm³/mol. The van der Waals surface area contributed by atoms with Crippen LogP contribution in [0.4, 0.5) is 0 Å². The molecule has 2 aromatic heterocycles. The van der Waals surface area contributed by atoms with Gasteiger partial charge in [0, 0.05) is 28.4 Å². The summed E-state index contributed by atoms with van der Waals surface area (Å²) in [4.78, 5) is 8.73. The Hall–Kier alpha value is -1.68. The normalized spacial score (nSPS) is 11.0. The van der Waals surface area contributed by atoms with E-state index in [1.807, 2.05) is 31.6 Å². The van der Waals surface area contributed by atoms with E-state index in [1.165, 1.54) is 5.56 Å². The Morgan fingerprint density at radius 1 is 1.17 bits per heavy atom. The zero-order valence-corrected chi connectivity index (χ0v) is 11.6. The zero-order valence-electron chi connectivity index (χ0n) is 9.97. The van der Waals surface area contributed by atoms with Crippen LogP contribution in [0.25, 0.3) is 10.9 Å². The lowest BCUT2D eigenvalue weighted by atomic mass is 10.1. The summed E-state index contributed by atoms with van der Waals surface area (Å²) in [5.74, 6) is 1.02. The molecule has 0 aliphatic carbocycles. The average molecular weight is 302 g/mol. The van der Waals surface area contributed by atoms with Gasteiger partial charge in [0.1, 0.15) is 5.82 Å². The van der Waals surface area contributed by atoms with E-state index in [0.717, 1.165) is 27.7 Å². The summed E-state index contributed by atoms with van der Waals surface area (Å²) in [5.41, 5.74) is 2.25. The molecule has 0 amide bonds. The molecule has 0 fully saturated rings. The quantitative estimate of drug-likeness (QED) is 0.725. The van der Waals surface area contributed by atoms with Crippen molar-refractivity contribution in [2.75, 3.05) is 0 Å². The summed E-state index contributed by atoms with van der Waals surface area (Å²) >= 11 is 3.56. The molecule has 1 aromatic carbocycles. The van der Waals surface area contributed by atoms with Crippen molar-refractivity contribution < 1.29 is 0 Å². The minimum Gasteiger partial charge on any atom is -0.331 e. The van der Waals surface area contributed by atoms with Crippen LogP contribution in [0.2, 0.25) is 0 Å². The molecule has 4 heteroatoms. The smallest absolute Gasteiger partial charge is 0.105 e. The van der Waals surface area contributed by atoms with Crippen LogP contribution in [-0.2, 0) is 6.54 Å². The van der Waals surface area contributed by atoms with Gasteiger partial charge in [0.15, 0.2) is 0 Å². The summed E-state index contributed by atoms with van der Waals surface area (Å²) in [6, 6.07) is 8.22. The first-order valence-corrected chi connectivity index (χ1v) is 6.55. The third-order valence-corrected chi connectivity index (χ3v) is 3.76. The Labute approximate surface area is 114 Å². The molecule has 0 radical (unpaired) electrons. The van der Waals surface area contributed by atoms with Crippen molar-refractivity contribution >= 4 is 26.8 Å². The second-order valence-electron chi connectivity index (χ2n) is 4.21. The molecular weight excluding hydrogens is 290 g/mol. The molecule has 90 valence electrons. The first-order chi connectivity index (χ1) is 8.75. The molecular formula is C14H12BrN3. The van der Waals surface area contributed by atoms with Crippen molar-refractivity contribution in [2.45, 2.75) is 13.5 Å².